The second kappa shape index (κ2) is 8.17. The minimum absolute atomic E-state index is 0.286. The highest BCUT2D eigenvalue weighted by molar-refractivity contribution is 4.65. The molecule has 4 heteroatoms. The summed E-state index contributed by atoms with van der Waals surface area (Å²) < 4.78 is 0. The Hall–Kier alpha value is -0.160. The zero-order chi connectivity index (χ0) is 11.0. The van der Waals surface area contributed by atoms with Gasteiger partial charge in [0.15, 0.2) is 0 Å². The number of nitrogens with one attached hydrogen (secondary N) is 1. The number of likely N-dealkylation sites (N-methyl/N-ethyl adjacent to an activating group) is 1. The van der Waals surface area contributed by atoms with Gasteiger partial charge in [0.1, 0.15) is 0 Å². The molecule has 0 amide bonds. The van der Waals surface area contributed by atoms with Gasteiger partial charge in [-0.2, -0.15) is 0 Å². The van der Waals surface area contributed by atoms with E-state index in [1.54, 1.807) is 0 Å². The van der Waals surface area contributed by atoms with Crippen LogP contribution < -0.4 is 5.32 Å². The Labute approximate surface area is 86.9 Å². The molecule has 0 bridgehead atoms. The lowest BCUT2D eigenvalue weighted by atomic mass is 10.2. The van der Waals surface area contributed by atoms with Gasteiger partial charge in [-0.1, -0.05) is 13.3 Å². The number of hydrogen-bond acceptors (Lipinski definition) is 4. The molecule has 2 atom stereocenters. The van der Waals surface area contributed by atoms with E-state index in [4.69, 9.17) is 0 Å². The molecule has 0 aliphatic carbocycles. The van der Waals surface area contributed by atoms with Gasteiger partial charge in [-0.25, -0.2) is 0 Å². The van der Waals surface area contributed by atoms with Gasteiger partial charge >= 0.3 is 0 Å². The molecule has 0 aliphatic rings. The molecule has 0 aromatic carbocycles. The molecule has 2 unspecified atom stereocenters. The molecular formula is C10H24N2O2. The van der Waals surface area contributed by atoms with Crippen molar-refractivity contribution in [3.63, 3.8) is 0 Å². The molecular weight excluding hydrogens is 180 g/mol. The van der Waals surface area contributed by atoms with Crippen molar-refractivity contribution < 1.29 is 10.2 Å². The molecule has 0 fully saturated rings. The molecule has 0 spiro atoms. The molecule has 0 aliphatic heterocycles. The van der Waals surface area contributed by atoms with Crippen molar-refractivity contribution in [2.45, 2.75) is 32.0 Å². The zero-order valence-electron chi connectivity index (χ0n) is 9.53. The summed E-state index contributed by atoms with van der Waals surface area (Å²) in [5.74, 6) is 0. The average molecular weight is 204 g/mol. The predicted molar refractivity (Wildman–Crippen MR) is 58.3 cm³/mol. The largest absolute Gasteiger partial charge is 0.392 e. The average Bonchev–Trinajstić information content (AvgIpc) is 2.02. The topological polar surface area (TPSA) is 55.7 Å². The van der Waals surface area contributed by atoms with Gasteiger partial charge in [-0.05, 0) is 20.5 Å². The first kappa shape index (κ1) is 13.8. The van der Waals surface area contributed by atoms with Crippen molar-refractivity contribution in [1.82, 2.24) is 10.2 Å². The van der Waals surface area contributed by atoms with Crippen molar-refractivity contribution in [1.29, 1.82) is 0 Å². The molecule has 14 heavy (non-hydrogen) atoms. The molecule has 0 aromatic heterocycles. The van der Waals surface area contributed by atoms with Gasteiger partial charge in [0.05, 0.1) is 12.2 Å². The number of rotatable bonds is 8. The third-order valence-corrected chi connectivity index (χ3v) is 1.96. The summed E-state index contributed by atoms with van der Waals surface area (Å²) in [6.07, 6.45) is 1.16. The number of hydrogen-bond donors (Lipinski definition) is 3. The summed E-state index contributed by atoms with van der Waals surface area (Å²) in [6, 6.07) is 0. The summed E-state index contributed by atoms with van der Waals surface area (Å²) in [5, 5.41) is 21.9. The van der Waals surface area contributed by atoms with Crippen LogP contribution in [-0.2, 0) is 0 Å². The van der Waals surface area contributed by atoms with E-state index in [9.17, 15) is 10.2 Å². The van der Waals surface area contributed by atoms with Gasteiger partial charge < -0.3 is 20.4 Å². The van der Waals surface area contributed by atoms with Gasteiger partial charge in [0.25, 0.3) is 0 Å². The molecule has 0 rings (SSSR count). The monoisotopic (exact) mass is 204 g/mol. The minimum atomic E-state index is -0.362. The van der Waals surface area contributed by atoms with Crippen LogP contribution in [0.2, 0.25) is 0 Å². The Kier molecular flexibility index (Phi) is 8.08. The third-order valence-electron chi connectivity index (χ3n) is 1.96. The Morgan fingerprint density at radius 1 is 1.14 bits per heavy atom. The van der Waals surface area contributed by atoms with Gasteiger partial charge in [0, 0.05) is 19.6 Å². The van der Waals surface area contributed by atoms with Crippen LogP contribution >= 0.6 is 0 Å². The van der Waals surface area contributed by atoms with E-state index < -0.39 is 0 Å². The molecule has 0 saturated carbocycles. The first-order valence-corrected chi connectivity index (χ1v) is 5.27. The predicted octanol–water partition coefficient (Wildman–Crippen LogP) is -0.340. The van der Waals surface area contributed by atoms with Crippen LogP contribution in [0.4, 0.5) is 0 Å². The quantitative estimate of drug-likeness (QED) is 0.506. The summed E-state index contributed by atoms with van der Waals surface area (Å²) in [4.78, 5) is 1.94. The van der Waals surface area contributed by atoms with Crippen LogP contribution in [0, 0.1) is 0 Å². The van der Waals surface area contributed by atoms with E-state index in [1.807, 2.05) is 25.9 Å². The Balaban J connectivity index is 3.34. The van der Waals surface area contributed by atoms with E-state index in [1.165, 1.54) is 0 Å². The lowest BCUT2D eigenvalue weighted by Crippen LogP contribution is -2.38. The molecule has 0 heterocycles. The number of aliphatic hydroxyl groups excluding tert-OH is 2. The summed E-state index contributed by atoms with van der Waals surface area (Å²) in [5.41, 5.74) is 0. The molecule has 0 saturated heterocycles. The Morgan fingerprint density at radius 3 is 2.21 bits per heavy atom. The maximum atomic E-state index is 9.48. The highest BCUT2D eigenvalue weighted by Crippen LogP contribution is 1.93. The molecule has 0 aromatic rings. The maximum absolute atomic E-state index is 9.48. The van der Waals surface area contributed by atoms with Crippen LogP contribution in [-0.4, -0.2) is 61.1 Å². The van der Waals surface area contributed by atoms with E-state index in [2.05, 4.69) is 5.32 Å². The lowest BCUT2D eigenvalue weighted by Gasteiger charge is -2.17. The minimum Gasteiger partial charge on any atom is -0.392 e. The molecule has 3 N–H and O–H groups in total. The van der Waals surface area contributed by atoms with Crippen LogP contribution in [0.1, 0.15) is 19.8 Å². The standard InChI is InChI=1S/C10H24N2O2/c1-4-5-9(13)6-11-7-10(14)8-12(2)3/h9-11,13-14H,4-8H2,1-3H3. The van der Waals surface area contributed by atoms with Crippen molar-refractivity contribution in [3.8, 4) is 0 Å². The highest BCUT2D eigenvalue weighted by Gasteiger charge is 2.06. The lowest BCUT2D eigenvalue weighted by molar-refractivity contribution is 0.120. The Bertz CT molecular complexity index is 131. The summed E-state index contributed by atoms with van der Waals surface area (Å²) in [6.45, 7) is 3.80. The van der Waals surface area contributed by atoms with Crippen molar-refractivity contribution in [3.05, 3.63) is 0 Å². The fourth-order valence-electron chi connectivity index (χ4n) is 1.34. The van der Waals surface area contributed by atoms with E-state index >= 15 is 0 Å². The van der Waals surface area contributed by atoms with Crippen LogP contribution in [0.15, 0.2) is 0 Å². The first-order valence-electron chi connectivity index (χ1n) is 5.27. The van der Waals surface area contributed by atoms with Crippen molar-refractivity contribution in [2.75, 3.05) is 33.7 Å². The molecule has 4 nitrogen and oxygen atoms in total. The molecule has 0 radical (unpaired) electrons. The van der Waals surface area contributed by atoms with Gasteiger partial charge in [0.2, 0.25) is 0 Å². The normalized spacial score (nSPS) is 15.9. The molecule has 86 valence electrons. The maximum Gasteiger partial charge on any atom is 0.0791 e. The Morgan fingerprint density at radius 2 is 1.71 bits per heavy atom. The van der Waals surface area contributed by atoms with Crippen molar-refractivity contribution in [2.24, 2.45) is 0 Å². The zero-order valence-corrected chi connectivity index (χ0v) is 9.53. The van der Waals surface area contributed by atoms with E-state index in [-0.39, 0.29) is 12.2 Å². The smallest absolute Gasteiger partial charge is 0.0791 e. The highest BCUT2D eigenvalue weighted by atomic mass is 16.3. The van der Waals surface area contributed by atoms with E-state index in [0.717, 1.165) is 12.8 Å². The van der Waals surface area contributed by atoms with Crippen LogP contribution in [0.3, 0.4) is 0 Å². The third kappa shape index (κ3) is 8.44. The van der Waals surface area contributed by atoms with Gasteiger partial charge in [-0.15, -0.1) is 0 Å². The number of nitrogens with zero attached hydrogens (tertiary/aromatic N) is 1. The fourth-order valence-corrected chi connectivity index (χ4v) is 1.34. The van der Waals surface area contributed by atoms with Gasteiger partial charge in [-0.3, -0.25) is 0 Å². The van der Waals surface area contributed by atoms with Crippen LogP contribution in [0.5, 0.6) is 0 Å². The second-order valence-corrected chi connectivity index (χ2v) is 4.02. The summed E-state index contributed by atoms with van der Waals surface area (Å²) >= 11 is 0. The second-order valence-electron chi connectivity index (χ2n) is 4.02. The number of aliphatic hydroxyl groups is 2. The van der Waals surface area contributed by atoms with E-state index in [0.29, 0.717) is 19.6 Å². The van der Waals surface area contributed by atoms with Crippen molar-refractivity contribution >= 4 is 0 Å². The fraction of sp³-hybridized carbons (Fsp3) is 1.00. The van der Waals surface area contributed by atoms with Crippen LogP contribution in [0.25, 0.3) is 0 Å². The summed E-state index contributed by atoms with van der Waals surface area (Å²) in [7, 11) is 3.85. The SMILES string of the molecule is CCCC(O)CNCC(O)CN(C)C. The first-order chi connectivity index (χ1) is 6.56.